The van der Waals surface area contributed by atoms with Gasteiger partial charge in [-0.2, -0.15) is 0 Å². The van der Waals surface area contributed by atoms with Crippen LogP contribution in [0.2, 0.25) is 0 Å². The molecular formula is C7H13N3. The van der Waals surface area contributed by atoms with Crippen LogP contribution in [0.25, 0.3) is 0 Å². The zero-order valence-electron chi connectivity index (χ0n) is 6.09. The molecule has 0 radical (unpaired) electrons. The van der Waals surface area contributed by atoms with Gasteiger partial charge in [-0.05, 0) is 18.6 Å². The van der Waals surface area contributed by atoms with Crippen molar-refractivity contribution in [3.05, 3.63) is 23.0 Å². The molecular weight excluding hydrogens is 126 g/mol. The fraction of sp³-hybridized carbons (Fsp3) is 0.429. The van der Waals surface area contributed by atoms with Crippen LogP contribution < -0.4 is 17.2 Å². The Kier molecular flexibility index (Phi) is 1.68. The molecule has 1 rings (SSSR count). The lowest BCUT2D eigenvalue weighted by Crippen LogP contribution is -2.32. The van der Waals surface area contributed by atoms with Gasteiger partial charge in [0.15, 0.2) is 0 Å². The van der Waals surface area contributed by atoms with Gasteiger partial charge in [0.25, 0.3) is 0 Å². The summed E-state index contributed by atoms with van der Waals surface area (Å²) < 4.78 is 0. The van der Waals surface area contributed by atoms with Crippen molar-refractivity contribution in [1.29, 1.82) is 0 Å². The molecule has 10 heavy (non-hydrogen) atoms. The van der Waals surface area contributed by atoms with E-state index in [1.54, 1.807) is 0 Å². The van der Waals surface area contributed by atoms with E-state index in [4.69, 9.17) is 17.2 Å². The van der Waals surface area contributed by atoms with Crippen molar-refractivity contribution >= 4 is 0 Å². The lowest BCUT2D eigenvalue weighted by atomic mass is 9.99. The highest BCUT2D eigenvalue weighted by Crippen LogP contribution is 2.15. The van der Waals surface area contributed by atoms with Gasteiger partial charge < -0.3 is 17.2 Å². The topological polar surface area (TPSA) is 78.1 Å². The summed E-state index contributed by atoms with van der Waals surface area (Å²) in [7, 11) is 0. The van der Waals surface area contributed by atoms with Crippen LogP contribution in [-0.4, -0.2) is 6.04 Å². The van der Waals surface area contributed by atoms with Crippen LogP contribution in [-0.2, 0) is 0 Å². The van der Waals surface area contributed by atoms with Crippen molar-refractivity contribution in [2.24, 2.45) is 17.2 Å². The molecule has 3 nitrogen and oxygen atoms in total. The van der Waals surface area contributed by atoms with Crippen LogP contribution in [0.4, 0.5) is 0 Å². The molecule has 0 aromatic rings. The van der Waals surface area contributed by atoms with Crippen LogP contribution in [0.3, 0.4) is 0 Å². The van der Waals surface area contributed by atoms with Crippen LogP contribution in [0.1, 0.15) is 13.3 Å². The van der Waals surface area contributed by atoms with Crippen LogP contribution >= 0.6 is 0 Å². The predicted molar refractivity (Wildman–Crippen MR) is 41.8 cm³/mol. The fourth-order valence-electron chi connectivity index (χ4n) is 0.965. The van der Waals surface area contributed by atoms with E-state index in [2.05, 4.69) is 0 Å². The molecule has 0 saturated heterocycles. The van der Waals surface area contributed by atoms with Gasteiger partial charge in [-0.3, -0.25) is 0 Å². The zero-order valence-corrected chi connectivity index (χ0v) is 6.09. The average Bonchev–Trinajstić information content (AvgIpc) is 1.84. The Morgan fingerprint density at radius 3 is 2.60 bits per heavy atom. The highest BCUT2D eigenvalue weighted by atomic mass is 14.8. The molecule has 0 aliphatic heterocycles. The molecule has 0 fully saturated rings. The molecule has 56 valence electrons. The van der Waals surface area contributed by atoms with E-state index in [0.29, 0.717) is 6.42 Å². The fourth-order valence-corrected chi connectivity index (χ4v) is 0.965. The molecule has 1 unspecified atom stereocenters. The number of allylic oxidation sites excluding steroid dienone is 2. The van der Waals surface area contributed by atoms with Crippen molar-refractivity contribution in [2.45, 2.75) is 19.4 Å². The van der Waals surface area contributed by atoms with Crippen molar-refractivity contribution < 1.29 is 0 Å². The van der Waals surface area contributed by atoms with Gasteiger partial charge in [-0.25, -0.2) is 0 Å². The smallest absolute Gasteiger partial charge is 0.0497 e. The van der Waals surface area contributed by atoms with E-state index in [-0.39, 0.29) is 6.04 Å². The Morgan fingerprint density at radius 1 is 1.50 bits per heavy atom. The van der Waals surface area contributed by atoms with Crippen LogP contribution in [0.5, 0.6) is 0 Å². The Morgan fingerprint density at radius 2 is 2.10 bits per heavy atom. The summed E-state index contributed by atoms with van der Waals surface area (Å²) in [5.41, 5.74) is 19.4. The van der Waals surface area contributed by atoms with Gasteiger partial charge in [0.1, 0.15) is 0 Å². The third kappa shape index (κ3) is 1.14. The number of hydrogen-bond acceptors (Lipinski definition) is 3. The molecule has 1 aliphatic carbocycles. The van der Waals surface area contributed by atoms with Gasteiger partial charge in [-0.1, -0.05) is 0 Å². The van der Waals surface area contributed by atoms with Gasteiger partial charge in [0.2, 0.25) is 0 Å². The molecule has 1 aliphatic rings. The van der Waals surface area contributed by atoms with E-state index < -0.39 is 0 Å². The van der Waals surface area contributed by atoms with Gasteiger partial charge in [0, 0.05) is 23.9 Å². The summed E-state index contributed by atoms with van der Waals surface area (Å²) in [6, 6.07) is -0.0799. The lowest BCUT2D eigenvalue weighted by Gasteiger charge is -2.18. The van der Waals surface area contributed by atoms with E-state index in [1.807, 2.05) is 13.0 Å². The van der Waals surface area contributed by atoms with Crippen molar-refractivity contribution in [3.63, 3.8) is 0 Å². The largest absolute Gasteiger partial charge is 0.402 e. The van der Waals surface area contributed by atoms with Gasteiger partial charge in [0.05, 0.1) is 0 Å². The molecule has 0 heterocycles. The molecule has 0 amide bonds. The maximum atomic E-state index is 5.63. The maximum absolute atomic E-state index is 5.63. The summed E-state index contributed by atoms with van der Waals surface area (Å²) in [6.45, 7) is 1.94. The first-order valence-electron chi connectivity index (χ1n) is 3.29. The van der Waals surface area contributed by atoms with E-state index in [1.165, 1.54) is 0 Å². The Labute approximate surface area is 60.6 Å². The molecule has 0 aromatic heterocycles. The van der Waals surface area contributed by atoms with Gasteiger partial charge >= 0.3 is 0 Å². The standard InChI is InChI=1S/C7H13N3/c1-4-2-6(9)7(10)3-5(4)8/h2,7H,3,8-10H2,1H3. The second-order valence-corrected chi connectivity index (χ2v) is 2.66. The first kappa shape index (κ1) is 7.15. The second-order valence-electron chi connectivity index (χ2n) is 2.66. The van der Waals surface area contributed by atoms with Crippen molar-refractivity contribution in [3.8, 4) is 0 Å². The first-order chi connectivity index (χ1) is 4.61. The van der Waals surface area contributed by atoms with Crippen LogP contribution in [0, 0.1) is 0 Å². The van der Waals surface area contributed by atoms with Crippen molar-refractivity contribution in [2.75, 3.05) is 0 Å². The maximum Gasteiger partial charge on any atom is 0.0497 e. The summed E-state index contributed by atoms with van der Waals surface area (Å²) >= 11 is 0. The molecule has 0 spiro atoms. The SMILES string of the molecule is CC1=C(N)CC(N)C(N)=C1. The first-order valence-corrected chi connectivity index (χ1v) is 3.29. The minimum atomic E-state index is -0.0799. The monoisotopic (exact) mass is 139 g/mol. The predicted octanol–water partition coefficient (Wildman–Crippen LogP) is -0.207. The summed E-state index contributed by atoms with van der Waals surface area (Å²) in [5, 5.41) is 0. The minimum Gasteiger partial charge on any atom is -0.402 e. The lowest BCUT2D eigenvalue weighted by molar-refractivity contribution is 0.721. The summed E-state index contributed by atoms with van der Waals surface area (Å²) in [6.07, 6.45) is 2.53. The van der Waals surface area contributed by atoms with Crippen molar-refractivity contribution in [1.82, 2.24) is 0 Å². The second kappa shape index (κ2) is 2.34. The number of hydrogen-bond donors (Lipinski definition) is 3. The van der Waals surface area contributed by atoms with E-state index in [9.17, 15) is 0 Å². The third-order valence-electron chi connectivity index (χ3n) is 1.76. The normalized spacial score (nSPS) is 26.6. The molecule has 6 N–H and O–H groups in total. The summed E-state index contributed by atoms with van der Waals surface area (Å²) in [5.74, 6) is 0. The minimum absolute atomic E-state index is 0.0799. The highest BCUT2D eigenvalue weighted by Gasteiger charge is 2.13. The Hall–Kier alpha value is -0.960. The van der Waals surface area contributed by atoms with Gasteiger partial charge in [-0.15, -0.1) is 0 Å². The Balaban J connectivity index is 2.88. The molecule has 0 saturated carbocycles. The van der Waals surface area contributed by atoms with E-state index in [0.717, 1.165) is 17.0 Å². The quantitative estimate of drug-likeness (QED) is 0.434. The third-order valence-corrected chi connectivity index (χ3v) is 1.76. The molecule has 1 atom stereocenters. The zero-order chi connectivity index (χ0) is 7.72. The average molecular weight is 139 g/mol. The molecule has 0 aromatic carbocycles. The number of nitrogens with two attached hydrogens (primary N) is 3. The van der Waals surface area contributed by atoms with Crippen LogP contribution in [0.15, 0.2) is 23.0 Å². The summed E-state index contributed by atoms with van der Waals surface area (Å²) in [4.78, 5) is 0. The Bertz CT molecular complexity index is 203. The molecule has 3 heteroatoms. The molecule has 0 bridgehead atoms. The highest BCUT2D eigenvalue weighted by molar-refractivity contribution is 5.32. The van der Waals surface area contributed by atoms with E-state index >= 15 is 0 Å². The number of rotatable bonds is 0.